The summed E-state index contributed by atoms with van der Waals surface area (Å²) in [7, 11) is 1.62. The van der Waals surface area contributed by atoms with E-state index in [9.17, 15) is 4.79 Å². The molecule has 0 aliphatic carbocycles. The van der Waals surface area contributed by atoms with Gasteiger partial charge in [-0.15, -0.1) is 5.10 Å². The number of ether oxygens (including phenoxy) is 2. The Labute approximate surface area is 256 Å². The summed E-state index contributed by atoms with van der Waals surface area (Å²) in [6.07, 6.45) is 2.07. The van der Waals surface area contributed by atoms with Gasteiger partial charge in [0.15, 0.2) is 5.82 Å². The third kappa shape index (κ3) is 5.76. The molecule has 5 aromatic rings. The van der Waals surface area contributed by atoms with Gasteiger partial charge in [0.05, 0.1) is 31.3 Å². The number of hydrogen-bond acceptors (Lipinski definition) is 8. The minimum absolute atomic E-state index is 0.0644. The van der Waals surface area contributed by atoms with Crippen LogP contribution in [-0.4, -0.2) is 81.0 Å². The molecule has 2 aliphatic heterocycles. The van der Waals surface area contributed by atoms with Crippen molar-refractivity contribution >= 4 is 10.9 Å². The number of rotatable bonds is 9. The number of benzene rings is 3. The van der Waals surface area contributed by atoms with Crippen molar-refractivity contribution in [3.8, 4) is 5.75 Å². The number of fused-ring (bicyclic) bond motifs is 1. The van der Waals surface area contributed by atoms with Gasteiger partial charge < -0.3 is 14.5 Å². The van der Waals surface area contributed by atoms with E-state index in [4.69, 9.17) is 9.47 Å². The summed E-state index contributed by atoms with van der Waals surface area (Å²) >= 11 is 0. The summed E-state index contributed by atoms with van der Waals surface area (Å²) in [6.45, 7) is 4.44. The maximum absolute atomic E-state index is 13.8. The number of aromatic amines is 1. The van der Waals surface area contributed by atoms with E-state index in [1.807, 2.05) is 28.9 Å². The smallest absolute Gasteiger partial charge is 0.253 e. The van der Waals surface area contributed by atoms with Gasteiger partial charge in [-0.05, 0) is 58.0 Å². The second-order valence-corrected chi connectivity index (χ2v) is 11.6. The van der Waals surface area contributed by atoms with Gasteiger partial charge in [0, 0.05) is 44.4 Å². The van der Waals surface area contributed by atoms with Gasteiger partial charge in [-0.2, -0.15) is 0 Å². The average molecular weight is 592 g/mol. The van der Waals surface area contributed by atoms with Crippen molar-refractivity contribution in [2.75, 3.05) is 39.9 Å². The van der Waals surface area contributed by atoms with Crippen LogP contribution in [0, 0.1) is 0 Å². The zero-order valence-electron chi connectivity index (χ0n) is 24.9. The zero-order valence-corrected chi connectivity index (χ0v) is 24.9. The Hall–Kier alpha value is -4.38. The van der Waals surface area contributed by atoms with Crippen molar-refractivity contribution in [2.45, 2.75) is 37.6 Å². The second-order valence-electron chi connectivity index (χ2n) is 11.6. The third-order valence-corrected chi connectivity index (χ3v) is 8.89. The third-order valence-electron chi connectivity index (χ3n) is 8.89. The molecule has 226 valence electrons. The van der Waals surface area contributed by atoms with Crippen molar-refractivity contribution in [3.05, 3.63) is 118 Å². The van der Waals surface area contributed by atoms with E-state index < -0.39 is 6.04 Å². The lowest BCUT2D eigenvalue weighted by atomic mass is 9.96. The van der Waals surface area contributed by atoms with Gasteiger partial charge >= 0.3 is 0 Å². The Balaban J connectivity index is 1.23. The molecule has 1 N–H and O–H groups in total. The number of pyridine rings is 1. The molecule has 0 amide bonds. The quantitative estimate of drug-likeness (QED) is 0.272. The molecule has 2 atom stereocenters. The van der Waals surface area contributed by atoms with Gasteiger partial charge in [0.2, 0.25) is 0 Å². The number of nitrogens with one attached hydrogen (secondary N) is 1. The predicted octanol–water partition coefficient (Wildman–Crippen LogP) is 4.20. The summed E-state index contributed by atoms with van der Waals surface area (Å²) in [5.41, 5.74) is 3.74. The Morgan fingerprint density at radius 1 is 0.909 bits per heavy atom. The van der Waals surface area contributed by atoms with Crippen LogP contribution < -0.4 is 10.3 Å². The molecule has 10 nitrogen and oxygen atoms in total. The van der Waals surface area contributed by atoms with E-state index >= 15 is 0 Å². The Morgan fingerprint density at radius 2 is 1.59 bits per heavy atom. The summed E-state index contributed by atoms with van der Waals surface area (Å²) in [4.78, 5) is 21.8. The number of aromatic nitrogens is 5. The summed E-state index contributed by atoms with van der Waals surface area (Å²) in [6, 6.07) is 28.8. The van der Waals surface area contributed by atoms with E-state index in [-0.39, 0.29) is 17.7 Å². The molecule has 2 fully saturated rings. The summed E-state index contributed by atoms with van der Waals surface area (Å²) in [5, 5.41) is 13.9. The minimum atomic E-state index is -0.421. The molecule has 4 heterocycles. The van der Waals surface area contributed by atoms with Crippen LogP contribution in [0.3, 0.4) is 0 Å². The van der Waals surface area contributed by atoms with Crippen LogP contribution in [0.1, 0.15) is 47.4 Å². The highest BCUT2D eigenvalue weighted by atomic mass is 16.5. The van der Waals surface area contributed by atoms with Crippen molar-refractivity contribution < 1.29 is 9.47 Å². The number of piperazine rings is 1. The fraction of sp³-hybridized carbons (Fsp3) is 0.353. The first kappa shape index (κ1) is 28.4. The normalized spacial score (nSPS) is 18.6. The molecule has 2 saturated heterocycles. The molecule has 10 heteroatoms. The fourth-order valence-electron chi connectivity index (χ4n) is 6.68. The van der Waals surface area contributed by atoms with Crippen LogP contribution in [0.5, 0.6) is 5.75 Å². The molecule has 0 bridgehead atoms. The summed E-state index contributed by atoms with van der Waals surface area (Å²) in [5.74, 6) is 1.36. The van der Waals surface area contributed by atoms with Crippen LogP contribution in [-0.2, 0) is 11.3 Å². The number of H-pyrrole nitrogens is 1. The number of tetrazole rings is 1. The van der Waals surface area contributed by atoms with Crippen LogP contribution in [0.4, 0.5) is 0 Å². The van der Waals surface area contributed by atoms with Gasteiger partial charge in [-0.3, -0.25) is 14.6 Å². The summed E-state index contributed by atoms with van der Waals surface area (Å²) < 4.78 is 13.1. The van der Waals surface area contributed by atoms with E-state index in [0.717, 1.165) is 56.5 Å². The molecular weight excluding hydrogens is 554 g/mol. The van der Waals surface area contributed by atoms with Crippen molar-refractivity contribution in [1.29, 1.82) is 0 Å². The van der Waals surface area contributed by atoms with Gasteiger partial charge in [-0.25, -0.2) is 4.68 Å². The molecule has 7 rings (SSSR count). The van der Waals surface area contributed by atoms with Gasteiger partial charge in [0.1, 0.15) is 11.8 Å². The molecule has 3 aromatic carbocycles. The lowest BCUT2D eigenvalue weighted by Crippen LogP contribution is -2.50. The van der Waals surface area contributed by atoms with E-state index in [1.54, 1.807) is 7.11 Å². The first-order valence-electron chi connectivity index (χ1n) is 15.3. The predicted molar refractivity (Wildman–Crippen MR) is 168 cm³/mol. The van der Waals surface area contributed by atoms with Gasteiger partial charge in [-0.1, -0.05) is 60.7 Å². The van der Waals surface area contributed by atoms with Gasteiger partial charge in [0.25, 0.3) is 5.56 Å². The van der Waals surface area contributed by atoms with Crippen molar-refractivity contribution in [1.82, 2.24) is 35.0 Å². The number of methoxy groups -OCH3 is 1. The number of nitrogens with zero attached hydrogens (tertiary/aromatic N) is 6. The Kier molecular flexibility index (Phi) is 8.19. The topological polar surface area (TPSA) is 101 Å². The zero-order chi connectivity index (χ0) is 29.9. The lowest BCUT2D eigenvalue weighted by Gasteiger charge is -2.42. The van der Waals surface area contributed by atoms with Crippen LogP contribution in [0.2, 0.25) is 0 Å². The highest BCUT2D eigenvalue weighted by Gasteiger charge is 2.35. The van der Waals surface area contributed by atoms with E-state index in [1.165, 1.54) is 11.1 Å². The second kappa shape index (κ2) is 12.7. The first-order valence-corrected chi connectivity index (χ1v) is 15.3. The lowest BCUT2D eigenvalue weighted by molar-refractivity contribution is 0.0778. The fourth-order valence-corrected chi connectivity index (χ4v) is 6.68. The molecular formula is C34H37N7O3. The highest BCUT2D eigenvalue weighted by molar-refractivity contribution is 5.80. The molecule has 0 radical (unpaired) electrons. The Bertz CT molecular complexity index is 1700. The van der Waals surface area contributed by atoms with E-state index in [2.05, 4.69) is 91.0 Å². The standard InChI is InChI=1S/C34H37N7O3/c1-43-27-15-14-26-21-29(34(42)35-30(26)22-27)32(33-36-37-38-41(33)23-28-13-8-20-44-28)40-18-16-39(17-19-40)31(24-9-4-2-5-10-24)25-11-6-3-7-12-25/h2-7,9-12,14-15,21-22,28,31-32H,8,13,16-20,23H2,1H3,(H,35,42)/t28-,32+/m1/s1. The van der Waals surface area contributed by atoms with Crippen LogP contribution in [0.15, 0.2) is 89.7 Å². The van der Waals surface area contributed by atoms with Crippen molar-refractivity contribution in [2.24, 2.45) is 0 Å². The monoisotopic (exact) mass is 591 g/mol. The average Bonchev–Trinajstić information content (AvgIpc) is 3.76. The minimum Gasteiger partial charge on any atom is -0.497 e. The first-order chi connectivity index (χ1) is 21.7. The highest BCUT2D eigenvalue weighted by Crippen LogP contribution is 2.33. The molecule has 2 aliphatic rings. The Morgan fingerprint density at radius 3 is 2.23 bits per heavy atom. The molecule has 0 spiro atoms. The van der Waals surface area contributed by atoms with Crippen molar-refractivity contribution in [3.63, 3.8) is 0 Å². The maximum atomic E-state index is 13.8. The van der Waals surface area contributed by atoms with Crippen LogP contribution in [0.25, 0.3) is 10.9 Å². The largest absolute Gasteiger partial charge is 0.497 e. The molecule has 2 aromatic heterocycles. The van der Waals surface area contributed by atoms with E-state index in [0.29, 0.717) is 23.7 Å². The maximum Gasteiger partial charge on any atom is 0.253 e. The molecule has 0 saturated carbocycles. The molecule has 44 heavy (non-hydrogen) atoms. The SMILES string of the molecule is COc1ccc2cc([C@@H](c3nnnn3C[C@H]3CCCO3)N3CCN(C(c4ccccc4)c4ccccc4)CC3)c(=O)[nH]c2c1. The number of hydrogen-bond donors (Lipinski definition) is 1. The molecule has 0 unspecified atom stereocenters. The van der Waals surface area contributed by atoms with Crippen LogP contribution >= 0.6 is 0 Å².